The molecule has 1 rings (SSSR count). The number of nitrogens with one attached hydrogen (secondary N) is 1. The summed E-state index contributed by atoms with van der Waals surface area (Å²) in [6, 6.07) is 3.27. The third-order valence-electron chi connectivity index (χ3n) is 3.46. The minimum absolute atomic E-state index is 0.158. The SMILES string of the molecule is CCCC(CN)C(=O)Nc1cc(C)c(C)c(C(=O)O)c1. The Morgan fingerprint density at radius 2 is 2.00 bits per heavy atom. The van der Waals surface area contributed by atoms with Crippen LogP contribution >= 0.6 is 0 Å². The second kappa shape index (κ2) is 7.05. The van der Waals surface area contributed by atoms with E-state index in [-0.39, 0.29) is 23.9 Å². The van der Waals surface area contributed by atoms with Gasteiger partial charge in [0.05, 0.1) is 11.5 Å². The third kappa shape index (κ3) is 3.81. The van der Waals surface area contributed by atoms with E-state index in [1.165, 1.54) is 6.07 Å². The van der Waals surface area contributed by atoms with Gasteiger partial charge in [-0.2, -0.15) is 0 Å². The second-order valence-corrected chi connectivity index (χ2v) is 4.98. The van der Waals surface area contributed by atoms with Gasteiger partial charge < -0.3 is 16.2 Å². The first-order valence-electron chi connectivity index (χ1n) is 6.76. The number of hydrogen-bond donors (Lipinski definition) is 3. The summed E-state index contributed by atoms with van der Waals surface area (Å²) in [5.41, 5.74) is 7.84. The molecule has 0 heterocycles. The molecule has 1 unspecified atom stereocenters. The zero-order valence-electron chi connectivity index (χ0n) is 12.2. The standard InChI is InChI=1S/C15H22N2O3/c1-4-5-11(8-16)14(18)17-12-6-9(2)10(3)13(7-12)15(19)20/h6-7,11H,4-5,8,16H2,1-3H3,(H,17,18)(H,19,20). The van der Waals surface area contributed by atoms with Gasteiger partial charge in [0, 0.05) is 12.2 Å². The number of carbonyl (C=O) groups excluding carboxylic acids is 1. The molecule has 0 aliphatic heterocycles. The molecular weight excluding hydrogens is 256 g/mol. The lowest BCUT2D eigenvalue weighted by Crippen LogP contribution is -2.29. The second-order valence-electron chi connectivity index (χ2n) is 4.98. The molecule has 0 aliphatic rings. The molecule has 20 heavy (non-hydrogen) atoms. The number of hydrogen-bond acceptors (Lipinski definition) is 3. The maximum atomic E-state index is 12.1. The summed E-state index contributed by atoms with van der Waals surface area (Å²) < 4.78 is 0. The Hall–Kier alpha value is -1.88. The molecule has 1 aromatic carbocycles. The monoisotopic (exact) mass is 278 g/mol. The smallest absolute Gasteiger partial charge is 0.336 e. The highest BCUT2D eigenvalue weighted by atomic mass is 16.4. The Kier molecular flexibility index (Phi) is 5.70. The quantitative estimate of drug-likeness (QED) is 0.744. The average molecular weight is 278 g/mol. The lowest BCUT2D eigenvalue weighted by Gasteiger charge is -2.15. The van der Waals surface area contributed by atoms with E-state index >= 15 is 0 Å². The van der Waals surface area contributed by atoms with E-state index in [2.05, 4.69) is 5.32 Å². The number of aryl methyl sites for hydroxylation is 1. The van der Waals surface area contributed by atoms with E-state index < -0.39 is 5.97 Å². The molecule has 1 amide bonds. The highest BCUT2D eigenvalue weighted by Crippen LogP contribution is 2.21. The van der Waals surface area contributed by atoms with Crippen LogP contribution in [0.5, 0.6) is 0 Å². The Balaban J connectivity index is 2.98. The summed E-state index contributed by atoms with van der Waals surface area (Å²) in [5.74, 6) is -1.39. The van der Waals surface area contributed by atoms with Crippen LogP contribution in [0.2, 0.25) is 0 Å². The summed E-state index contributed by atoms with van der Waals surface area (Å²) >= 11 is 0. The molecule has 5 heteroatoms. The summed E-state index contributed by atoms with van der Waals surface area (Å²) in [6.45, 7) is 5.86. The number of benzene rings is 1. The Morgan fingerprint density at radius 3 is 2.50 bits per heavy atom. The van der Waals surface area contributed by atoms with E-state index in [0.717, 1.165) is 18.4 Å². The molecule has 0 aromatic heterocycles. The number of carboxylic acid groups (broad SMARTS) is 1. The normalized spacial score (nSPS) is 12.0. The van der Waals surface area contributed by atoms with Crippen molar-refractivity contribution >= 4 is 17.6 Å². The molecule has 1 atom stereocenters. The summed E-state index contributed by atoms with van der Waals surface area (Å²) in [7, 11) is 0. The van der Waals surface area contributed by atoms with E-state index in [0.29, 0.717) is 11.3 Å². The van der Waals surface area contributed by atoms with Crippen molar-refractivity contribution in [1.29, 1.82) is 0 Å². The molecule has 0 fully saturated rings. The van der Waals surface area contributed by atoms with Crippen LogP contribution in [-0.4, -0.2) is 23.5 Å². The van der Waals surface area contributed by atoms with E-state index in [1.54, 1.807) is 13.0 Å². The van der Waals surface area contributed by atoms with Crippen LogP contribution < -0.4 is 11.1 Å². The van der Waals surface area contributed by atoms with Crippen LogP contribution in [0, 0.1) is 19.8 Å². The maximum Gasteiger partial charge on any atom is 0.336 e. The van der Waals surface area contributed by atoms with E-state index in [9.17, 15) is 9.59 Å². The summed E-state index contributed by atoms with van der Waals surface area (Å²) in [6.07, 6.45) is 1.60. The van der Waals surface area contributed by atoms with Gasteiger partial charge in [-0.05, 0) is 43.5 Å². The highest BCUT2D eigenvalue weighted by molar-refractivity contribution is 5.96. The fraction of sp³-hybridized carbons (Fsp3) is 0.467. The molecule has 0 aliphatic carbocycles. The fourth-order valence-electron chi connectivity index (χ4n) is 2.10. The number of nitrogens with two attached hydrogens (primary N) is 1. The Bertz CT molecular complexity index is 512. The predicted molar refractivity (Wildman–Crippen MR) is 79.0 cm³/mol. The molecular formula is C15H22N2O3. The first-order chi connectivity index (χ1) is 9.40. The van der Waals surface area contributed by atoms with Gasteiger partial charge in [-0.3, -0.25) is 4.79 Å². The van der Waals surface area contributed by atoms with Gasteiger partial charge in [-0.25, -0.2) is 4.79 Å². The minimum Gasteiger partial charge on any atom is -0.478 e. The van der Waals surface area contributed by atoms with Crippen LogP contribution in [0.15, 0.2) is 12.1 Å². The van der Waals surface area contributed by atoms with Gasteiger partial charge in [0.2, 0.25) is 5.91 Å². The number of carbonyl (C=O) groups is 2. The fourth-order valence-corrected chi connectivity index (χ4v) is 2.10. The lowest BCUT2D eigenvalue weighted by atomic mass is 10.0. The average Bonchev–Trinajstić information content (AvgIpc) is 2.39. The Morgan fingerprint density at radius 1 is 1.35 bits per heavy atom. The number of carboxylic acids is 1. The van der Waals surface area contributed by atoms with Crippen LogP contribution in [-0.2, 0) is 4.79 Å². The summed E-state index contributed by atoms with van der Waals surface area (Å²) in [5, 5.41) is 11.9. The number of anilines is 1. The summed E-state index contributed by atoms with van der Waals surface area (Å²) in [4.78, 5) is 23.2. The van der Waals surface area contributed by atoms with Crippen molar-refractivity contribution in [2.24, 2.45) is 11.7 Å². The van der Waals surface area contributed by atoms with Crippen molar-refractivity contribution in [3.63, 3.8) is 0 Å². The molecule has 4 N–H and O–H groups in total. The zero-order valence-corrected chi connectivity index (χ0v) is 12.2. The van der Waals surface area contributed by atoms with Crippen molar-refractivity contribution in [1.82, 2.24) is 0 Å². The van der Waals surface area contributed by atoms with Crippen LogP contribution in [0.3, 0.4) is 0 Å². The number of aromatic carboxylic acids is 1. The molecule has 0 saturated heterocycles. The van der Waals surface area contributed by atoms with E-state index in [1.807, 2.05) is 13.8 Å². The van der Waals surface area contributed by atoms with Crippen molar-refractivity contribution in [2.45, 2.75) is 33.6 Å². The number of amides is 1. The molecule has 0 bridgehead atoms. The molecule has 0 saturated carbocycles. The molecule has 1 aromatic rings. The van der Waals surface area contributed by atoms with Gasteiger partial charge in [0.1, 0.15) is 0 Å². The zero-order chi connectivity index (χ0) is 15.3. The molecule has 5 nitrogen and oxygen atoms in total. The third-order valence-corrected chi connectivity index (χ3v) is 3.46. The largest absolute Gasteiger partial charge is 0.478 e. The van der Waals surface area contributed by atoms with E-state index in [4.69, 9.17) is 10.8 Å². The van der Waals surface area contributed by atoms with Gasteiger partial charge in [-0.1, -0.05) is 13.3 Å². The minimum atomic E-state index is -0.995. The van der Waals surface area contributed by atoms with Crippen LogP contribution in [0.25, 0.3) is 0 Å². The van der Waals surface area contributed by atoms with Crippen LogP contribution in [0.4, 0.5) is 5.69 Å². The molecule has 0 radical (unpaired) electrons. The highest BCUT2D eigenvalue weighted by Gasteiger charge is 2.17. The maximum absolute atomic E-state index is 12.1. The topological polar surface area (TPSA) is 92.4 Å². The Labute approximate surface area is 119 Å². The first kappa shape index (κ1) is 16.2. The van der Waals surface area contributed by atoms with Crippen LogP contribution in [0.1, 0.15) is 41.3 Å². The van der Waals surface area contributed by atoms with Crippen molar-refractivity contribution in [2.75, 3.05) is 11.9 Å². The molecule has 110 valence electrons. The lowest BCUT2D eigenvalue weighted by molar-refractivity contribution is -0.119. The van der Waals surface area contributed by atoms with Gasteiger partial charge in [0.15, 0.2) is 0 Å². The first-order valence-corrected chi connectivity index (χ1v) is 6.76. The van der Waals surface area contributed by atoms with Crippen molar-refractivity contribution < 1.29 is 14.7 Å². The molecule has 0 spiro atoms. The predicted octanol–water partition coefficient (Wildman–Crippen LogP) is 2.32. The van der Waals surface area contributed by atoms with Gasteiger partial charge >= 0.3 is 5.97 Å². The van der Waals surface area contributed by atoms with Gasteiger partial charge in [0.25, 0.3) is 0 Å². The van der Waals surface area contributed by atoms with Crippen molar-refractivity contribution in [3.05, 3.63) is 28.8 Å². The number of rotatable bonds is 6. The van der Waals surface area contributed by atoms with Crippen molar-refractivity contribution in [3.8, 4) is 0 Å². The van der Waals surface area contributed by atoms with Gasteiger partial charge in [-0.15, -0.1) is 0 Å².